The Morgan fingerprint density at radius 2 is 1.90 bits per heavy atom. The van der Waals surface area contributed by atoms with Gasteiger partial charge >= 0.3 is 0 Å². The molecule has 0 saturated heterocycles. The second-order valence-electron chi connectivity index (χ2n) is 7.83. The highest BCUT2D eigenvalue weighted by atomic mass is 35.5. The van der Waals surface area contributed by atoms with Crippen molar-refractivity contribution in [1.82, 2.24) is 15.1 Å². The summed E-state index contributed by atoms with van der Waals surface area (Å²) >= 11 is 6.21. The van der Waals surface area contributed by atoms with Gasteiger partial charge in [-0.1, -0.05) is 61.8 Å². The summed E-state index contributed by atoms with van der Waals surface area (Å²) in [5.41, 5.74) is 2.97. The molecule has 4 rings (SSSR count). The van der Waals surface area contributed by atoms with Crippen molar-refractivity contribution in [1.29, 1.82) is 0 Å². The minimum absolute atomic E-state index is 0.0528. The molecule has 1 heterocycles. The van der Waals surface area contributed by atoms with Crippen LogP contribution in [0.1, 0.15) is 49.6 Å². The SMILES string of the molecule is CC(C)c1ccc(/C=C/C(=O)N(Cc2nnc(-c3ccccc3Cl)o2)C2CC2)cc1. The third-order valence-electron chi connectivity index (χ3n) is 5.17. The first-order valence-corrected chi connectivity index (χ1v) is 10.5. The number of aromatic nitrogens is 2. The van der Waals surface area contributed by atoms with Gasteiger partial charge in [-0.05, 0) is 48.1 Å². The van der Waals surface area contributed by atoms with E-state index in [9.17, 15) is 4.79 Å². The third kappa shape index (κ3) is 4.79. The van der Waals surface area contributed by atoms with Crippen LogP contribution in [0.5, 0.6) is 0 Å². The molecule has 3 aromatic rings. The van der Waals surface area contributed by atoms with Crippen molar-refractivity contribution in [3.8, 4) is 11.5 Å². The molecule has 0 radical (unpaired) electrons. The summed E-state index contributed by atoms with van der Waals surface area (Å²) in [6.07, 6.45) is 5.46. The monoisotopic (exact) mass is 421 g/mol. The molecule has 6 heteroatoms. The number of nitrogens with zero attached hydrogens (tertiary/aromatic N) is 3. The predicted molar refractivity (Wildman–Crippen MR) is 118 cm³/mol. The highest BCUT2D eigenvalue weighted by Crippen LogP contribution is 2.30. The zero-order chi connectivity index (χ0) is 21.1. The molecule has 5 nitrogen and oxygen atoms in total. The topological polar surface area (TPSA) is 59.2 Å². The fourth-order valence-electron chi connectivity index (χ4n) is 3.24. The van der Waals surface area contributed by atoms with E-state index in [4.69, 9.17) is 16.0 Å². The number of halogens is 1. The maximum Gasteiger partial charge on any atom is 0.249 e. The highest BCUT2D eigenvalue weighted by Gasteiger charge is 2.32. The lowest BCUT2D eigenvalue weighted by molar-refractivity contribution is -0.127. The van der Waals surface area contributed by atoms with Crippen LogP contribution in [0.2, 0.25) is 5.02 Å². The Morgan fingerprint density at radius 3 is 2.57 bits per heavy atom. The van der Waals surface area contributed by atoms with Crippen LogP contribution in [0.15, 0.2) is 59.0 Å². The molecule has 0 bridgehead atoms. The van der Waals surface area contributed by atoms with Crippen LogP contribution in [0, 0.1) is 0 Å². The predicted octanol–water partition coefficient (Wildman–Crippen LogP) is 5.72. The lowest BCUT2D eigenvalue weighted by atomic mass is 10.0. The molecule has 0 N–H and O–H groups in total. The van der Waals surface area contributed by atoms with Gasteiger partial charge < -0.3 is 9.32 Å². The van der Waals surface area contributed by atoms with Gasteiger partial charge in [-0.15, -0.1) is 10.2 Å². The molecule has 154 valence electrons. The molecule has 1 aliphatic carbocycles. The average molecular weight is 422 g/mol. The van der Waals surface area contributed by atoms with E-state index in [1.54, 1.807) is 17.0 Å². The fourth-order valence-corrected chi connectivity index (χ4v) is 3.45. The molecular formula is C24H24ClN3O2. The second kappa shape index (κ2) is 8.84. The molecule has 1 aromatic heterocycles. The molecule has 30 heavy (non-hydrogen) atoms. The third-order valence-corrected chi connectivity index (χ3v) is 5.50. The summed E-state index contributed by atoms with van der Waals surface area (Å²) in [7, 11) is 0. The van der Waals surface area contributed by atoms with E-state index in [-0.39, 0.29) is 18.5 Å². The number of carbonyl (C=O) groups is 1. The molecule has 0 aliphatic heterocycles. The summed E-state index contributed by atoms with van der Waals surface area (Å²) < 4.78 is 5.78. The van der Waals surface area contributed by atoms with Crippen LogP contribution in [0.4, 0.5) is 0 Å². The molecule has 1 aliphatic rings. The second-order valence-corrected chi connectivity index (χ2v) is 8.24. The Balaban J connectivity index is 1.45. The van der Waals surface area contributed by atoms with Gasteiger partial charge in [0, 0.05) is 12.1 Å². The van der Waals surface area contributed by atoms with Crippen LogP contribution in [0.25, 0.3) is 17.5 Å². The smallest absolute Gasteiger partial charge is 0.249 e. The Morgan fingerprint density at radius 1 is 1.17 bits per heavy atom. The van der Waals surface area contributed by atoms with Crippen LogP contribution in [-0.2, 0) is 11.3 Å². The number of carbonyl (C=O) groups excluding carboxylic acids is 1. The first kappa shape index (κ1) is 20.4. The zero-order valence-corrected chi connectivity index (χ0v) is 17.8. The highest BCUT2D eigenvalue weighted by molar-refractivity contribution is 6.33. The normalized spacial score (nSPS) is 13.9. The van der Waals surface area contributed by atoms with E-state index in [0.717, 1.165) is 18.4 Å². The molecule has 0 atom stereocenters. The lowest BCUT2D eigenvalue weighted by Crippen LogP contribution is -2.31. The minimum Gasteiger partial charge on any atom is -0.419 e. The fraction of sp³-hybridized carbons (Fsp3) is 0.292. The largest absolute Gasteiger partial charge is 0.419 e. The number of hydrogen-bond acceptors (Lipinski definition) is 4. The van der Waals surface area contributed by atoms with Crippen molar-refractivity contribution in [2.24, 2.45) is 0 Å². The van der Waals surface area contributed by atoms with E-state index < -0.39 is 0 Å². The molecule has 1 amide bonds. The van der Waals surface area contributed by atoms with Gasteiger partial charge in [0.1, 0.15) is 0 Å². The van der Waals surface area contributed by atoms with Crippen LogP contribution in [0.3, 0.4) is 0 Å². The van der Waals surface area contributed by atoms with Crippen molar-refractivity contribution in [3.63, 3.8) is 0 Å². The van der Waals surface area contributed by atoms with Crippen molar-refractivity contribution >= 4 is 23.6 Å². The van der Waals surface area contributed by atoms with Crippen molar-refractivity contribution in [2.75, 3.05) is 0 Å². The molecule has 0 unspecified atom stereocenters. The summed E-state index contributed by atoms with van der Waals surface area (Å²) in [5.74, 6) is 1.20. The number of amides is 1. The van der Waals surface area contributed by atoms with Crippen LogP contribution in [-0.4, -0.2) is 27.0 Å². The molecule has 0 spiro atoms. The molecule has 1 fully saturated rings. The lowest BCUT2D eigenvalue weighted by Gasteiger charge is -2.18. The van der Waals surface area contributed by atoms with Gasteiger partial charge in [0.2, 0.25) is 17.7 Å². The van der Waals surface area contributed by atoms with Crippen molar-refractivity contribution in [3.05, 3.63) is 76.6 Å². The van der Waals surface area contributed by atoms with Crippen LogP contribution >= 0.6 is 11.6 Å². The number of rotatable bonds is 7. The molecule has 1 saturated carbocycles. The maximum atomic E-state index is 12.8. The van der Waals surface area contributed by atoms with E-state index in [1.807, 2.05) is 36.4 Å². The van der Waals surface area contributed by atoms with Gasteiger partial charge in [0.15, 0.2) is 0 Å². The zero-order valence-electron chi connectivity index (χ0n) is 17.1. The first-order chi connectivity index (χ1) is 14.5. The summed E-state index contributed by atoms with van der Waals surface area (Å²) in [4.78, 5) is 14.6. The standard InChI is InChI=1S/C24H24ClN3O2/c1-16(2)18-10-7-17(8-11-18)9-14-23(29)28(19-12-13-19)15-22-26-27-24(30-22)20-5-3-4-6-21(20)25/h3-11,14,16,19H,12-13,15H2,1-2H3/b14-9+. The molecular weight excluding hydrogens is 398 g/mol. The van der Waals surface area contributed by atoms with E-state index in [0.29, 0.717) is 28.3 Å². The average Bonchev–Trinajstić information content (AvgIpc) is 3.49. The quantitative estimate of drug-likeness (QED) is 0.458. The molecule has 2 aromatic carbocycles. The van der Waals surface area contributed by atoms with E-state index >= 15 is 0 Å². The Kier molecular flexibility index (Phi) is 6.00. The van der Waals surface area contributed by atoms with E-state index in [1.165, 1.54) is 5.56 Å². The Labute approximate surface area is 181 Å². The number of hydrogen-bond donors (Lipinski definition) is 0. The van der Waals surface area contributed by atoms with Crippen molar-refractivity contribution in [2.45, 2.75) is 45.2 Å². The van der Waals surface area contributed by atoms with E-state index in [2.05, 4.69) is 36.2 Å². The summed E-state index contributed by atoms with van der Waals surface area (Å²) in [6.45, 7) is 4.62. The van der Waals surface area contributed by atoms with Gasteiger partial charge in [-0.3, -0.25) is 4.79 Å². The van der Waals surface area contributed by atoms with Gasteiger partial charge in [0.05, 0.1) is 17.1 Å². The Bertz CT molecular complexity index is 1050. The first-order valence-electron chi connectivity index (χ1n) is 10.2. The van der Waals surface area contributed by atoms with Gasteiger partial charge in [0.25, 0.3) is 0 Å². The van der Waals surface area contributed by atoms with Crippen molar-refractivity contribution < 1.29 is 9.21 Å². The summed E-state index contributed by atoms with van der Waals surface area (Å²) in [6, 6.07) is 15.8. The Hall–Kier alpha value is -2.92. The number of benzene rings is 2. The summed E-state index contributed by atoms with van der Waals surface area (Å²) in [5, 5.41) is 8.77. The van der Waals surface area contributed by atoms with Gasteiger partial charge in [-0.25, -0.2) is 0 Å². The van der Waals surface area contributed by atoms with Crippen LogP contribution < -0.4 is 0 Å². The van der Waals surface area contributed by atoms with Gasteiger partial charge in [-0.2, -0.15) is 0 Å². The maximum absolute atomic E-state index is 12.8. The minimum atomic E-state index is -0.0528.